The standard InChI is InChI=1S/C11H17IN2O2/c1-6(2)5-8-9(12)11(15)14-10(13-8)7(3)16-4/h6-7H,5H2,1-4H3,(H,13,14,15). The lowest BCUT2D eigenvalue weighted by Gasteiger charge is -2.12. The minimum absolute atomic E-state index is 0.0786. The lowest BCUT2D eigenvalue weighted by atomic mass is 10.1. The second kappa shape index (κ2) is 5.77. The van der Waals surface area contributed by atoms with Gasteiger partial charge in [-0.05, 0) is 41.9 Å². The fraction of sp³-hybridized carbons (Fsp3) is 0.636. The third-order valence-corrected chi connectivity index (χ3v) is 3.40. The molecule has 1 aromatic heterocycles. The molecule has 0 aromatic carbocycles. The number of rotatable bonds is 4. The van der Waals surface area contributed by atoms with E-state index >= 15 is 0 Å². The summed E-state index contributed by atoms with van der Waals surface area (Å²) in [6.07, 6.45) is 0.627. The lowest BCUT2D eigenvalue weighted by Crippen LogP contribution is -2.20. The highest BCUT2D eigenvalue weighted by molar-refractivity contribution is 14.1. The van der Waals surface area contributed by atoms with E-state index in [4.69, 9.17) is 4.74 Å². The summed E-state index contributed by atoms with van der Waals surface area (Å²) in [6.45, 7) is 6.08. The molecule has 0 saturated carbocycles. The van der Waals surface area contributed by atoms with Gasteiger partial charge in [0.1, 0.15) is 11.9 Å². The van der Waals surface area contributed by atoms with Crippen LogP contribution >= 0.6 is 22.6 Å². The normalized spacial score (nSPS) is 13.1. The summed E-state index contributed by atoms with van der Waals surface area (Å²) in [7, 11) is 1.60. The molecule has 16 heavy (non-hydrogen) atoms. The van der Waals surface area contributed by atoms with Crippen LogP contribution in [0, 0.1) is 9.49 Å². The maximum Gasteiger partial charge on any atom is 0.264 e. The number of ether oxygens (including phenoxy) is 1. The Morgan fingerprint density at radius 2 is 2.06 bits per heavy atom. The van der Waals surface area contributed by atoms with Crippen molar-refractivity contribution in [2.75, 3.05) is 7.11 Å². The van der Waals surface area contributed by atoms with Gasteiger partial charge in [-0.15, -0.1) is 0 Å². The van der Waals surface area contributed by atoms with Crippen LogP contribution in [0.2, 0.25) is 0 Å². The number of aromatic amines is 1. The van der Waals surface area contributed by atoms with Gasteiger partial charge in [0, 0.05) is 7.11 Å². The van der Waals surface area contributed by atoms with E-state index in [1.165, 1.54) is 0 Å². The monoisotopic (exact) mass is 336 g/mol. The second-order valence-corrected chi connectivity index (χ2v) is 5.27. The zero-order valence-corrected chi connectivity index (χ0v) is 12.2. The lowest BCUT2D eigenvalue weighted by molar-refractivity contribution is 0.111. The minimum Gasteiger partial charge on any atom is -0.374 e. The summed E-state index contributed by atoms with van der Waals surface area (Å²) in [4.78, 5) is 18.9. The predicted molar refractivity (Wildman–Crippen MR) is 71.5 cm³/mol. The van der Waals surface area contributed by atoms with Gasteiger partial charge < -0.3 is 9.72 Å². The number of H-pyrrole nitrogens is 1. The smallest absolute Gasteiger partial charge is 0.264 e. The molecule has 1 heterocycles. The van der Waals surface area contributed by atoms with Crippen LogP contribution in [0.25, 0.3) is 0 Å². The molecule has 1 rings (SSSR count). The molecule has 1 atom stereocenters. The molecule has 0 aliphatic rings. The van der Waals surface area contributed by atoms with Crippen molar-refractivity contribution in [2.45, 2.75) is 33.3 Å². The summed E-state index contributed by atoms with van der Waals surface area (Å²) in [6, 6.07) is 0. The van der Waals surface area contributed by atoms with Crippen molar-refractivity contribution in [3.8, 4) is 0 Å². The molecule has 0 spiro atoms. The summed E-state index contributed by atoms with van der Waals surface area (Å²) < 4.78 is 5.83. The predicted octanol–water partition coefficient (Wildman–Crippen LogP) is 2.28. The number of halogens is 1. The topological polar surface area (TPSA) is 55.0 Å². The first-order valence-corrected chi connectivity index (χ1v) is 6.35. The van der Waals surface area contributed by atoms with E-state index in [0.29, 0.717) is 15.3 Å². The van der Waals surface area contributed by atoms with Gasteiger partial charge in [-0.3, -0.25) is 4.79 Å². The first-order chi connectivity index (χ1) is 7.45. The zero-order valence-electron chi connectivity index (χ0n) is 10.0. The van der Waals surface area contributed by atoms with Crippen molar-refractivity contribution in [3.63, 3.8) is 0 Å². The fourth-order valence-corrected chi connectivity index (χ4v) is 1.83. The van der Waals surface area contributed by atoms with Crippen LogP contribution in [0.3, 0.4) is 0 Å². The van der Waals surface area contributed by atoms with Gasteiger partial charge in [0.05, 0.1) is 9.26 Å². The third-order valence-electron chi connectivity index (χ3n) is 2.29. The molecule has 0 bridgehead atoms. The summed E-state index contributed by atoms with van der Waals surface area (Å²) in [5, 5.41) is 0. The molecule has 1 unspecified atom stereocenters. The molecular weight excluding hydrogens is 319 g/mol. The van der Waals surface area contributed by atoms with Crippen LogP contribution < -0.4 is 5.56 Å². The van der Waals surface area contributed by atoms with E-state index in [1.54, 1.807) is 7.11 Å². The number of nitrogens with zero attached hydrogens (tertiary/aromatic N) is 1. The highest BCUT2D eigenvalue weighted by Crippen LogP contribution is 2.14. The molecule has 1 aromatic rings. The van der Waals surface area contributed by atoms with Crippen LogP contribution in [0.5, 0.6) is 0 Å². The van der Waals surface area contributed by atoms with Crippen LogP contribution in [0.15, 0.2) is 4.79 Å². The Morgan fingerprint density at radius 1 is 1.44 bits per heavy atom. The van der Waals surface area contributed by atoms with Crippen LogP contribution in [0.1, 0.15) is 38.4 Å². The summed E-state index contributed by atoms with van der Waals surface area (Å²) in [5.74, 6) is 1.08. The highest BCUT2D eigenvalue weighted by Gasteiger charge is 2.13. The Morgan fingerprint density at radius 3 is 2.56 bits per heavy atom. The van der Waals surface area contributed by atoms with Crippen molar-refractivity contribution < 1.29 is 4.74 Å². The average Bonchev–Trinajstić information content (AvgIpc) is 2.22. The Labute approximate surface area is 109 Å². The SMILES string of the molecule is COC(C)c1nc(CC(C)C)c(I)c(=O)[nH]1. The van der Waals surface area contributed by atoms with Gasteiger partial charge >= 0.3 is 0 Å². The minimum atomic E-state index is -0.185. The molecule has 0 aliphatic carbocycles. The quantitative estimate of drug-likeness (QED) is 0.859. The van der Waals surface area contributed by atoms with E-state index in [2.05, 4.69) is 23.8 Å². The molecule has 1 N–H and O–H groups in total. The molecule has 90 valence electrons. The Balaban J connectivity index is 3.17. The Bertz CT molecular complexity index is 415. The van der Waals surface area contributed by atoms with Gasteiger partial charge in [-0.2, -0.15) is 0 Å². The summed E-state index contributed by atoms with van der Waals surface area (Å²) in [5.41, 5.74) is 0.781. The fourth-order valence-electron chi connectivity index (χ4n) is 1.35. The van der Waals surface area contributed by atoms with Gasteiger partial charge in [0.2, 0.25) is 0 Å². The third kappa shape index (κ3) is 3.28. The van der Waals surface area contributed by atoms with Crippen LogP contribution in [-0.4, -0.2) is 17.1 Å². The number of hydrogen-bond acceptors (Lipinski definition) is 3. The first kappa shape index (κ1) is 13.6. The molecule has 0 saturated heterocycles. The largest absolute Gasteiger partial charge is 0.374 e. The molecular formula is C11H17IN2O2. The van der Waals surface area contributed by atoms with E-state index in [0.717, 1.165) is 12.1 Å². The van der Waals surface area contributed by atoms with Crippen molar-refractivity contribution in [1.82, 2.24) is 9.97 Å². The zero-order chi connectivity index (χ0) is 12.3. The molecule has 0 radical (unpaired) electrons. The van der Waals surface area contributed by atoms with Crippen LogP contribution in [0.4, 0.5) is 0 Å². The maximum atomic E-state index is 11.7. The molecule has 0 amide bonds. The molecule has 0 aliphatic heterocycles. The number of nitrogens with one attached hydrogen (secondary N) is 1. The van der Waals surface area contributed by atoms with E-state index in [1.807, 2.05) is 29.5 Å². The van der Waals surface area contributed by atoms with Crippen molar-refractivity contribution in [2.24, 2.45) is 5.92 Å². The number of aromatic nitrogens is 2. The van der Waals surface area contributed by atoms with Gasteiger partial charge in [0.25, 0.3) is 5.56 Å². The van der Waals surface area contributed by atoms with Gasteiger partial charge in [-0.25, -0.2) is 4.98 Å². The number of hydrogen-bond donors (Lipinski definition) is 1. The molecule has 4 nitrogen and oxygen atoms in total. The molecule has 0 fully saturated rings. The average molecular weight is 336 g/mol. The van der Waals surface area contributed by atoms with E-state index in [9.17, 15) is 4.79 Å². The van der Waals surface area contributed by atoms with Crippen molar-refractivity contribution in [3.05, 3.63) is 25.4 Å². The van der Waals surface area contributed by atoms with E-state index in [-0.39, 0.29) is 11.7 Å². The maximum absolute atomic E-state index is 11.7. The van der Waals surface area contributed by atoms with E-state index < -0.39 is 0 Å². The Kier molecular flexibility index (Phi) is 4.91. The van der Waals surface area contributed by atoms with Gasteiger partial charge in [0.15, 0.2) is 0 Å². The second-order valence-electron chi connectivity index (χ2n) is 4.19. The highest BCUT2D eigenvalue weighted by atomic mass is 127. The van der Waals surface area contributed by atoms with Gasteiger partial charge in [-0.1, -0.05) is 13.8 Å². The first-order valence-electron chi connectivity index (χ1n) is 5.27. The summed E-state index contributed by atoms with van der Waals surface area (Å²) >= 11 is 2.04. The van der Waals surface area contributed by atoms with Crippen LogP contribution in [-0.2, 0) is 11.2 Å². The van der Waals surface area contributed by atoms with Crippen molar-refractivity contribution in [1.29, 1.82) is 0 Å². The number of methoxy groups -OCH3 is 1. The molecule has 5 heteroatoms. The van der Waals surface area contributed by atoms with Crippen molar-refractivity contribution >= 4 is 22.6 Å². The Hall–Kier alpha value is -0.430.